The van der Waals surface area contributed by atoms with Crippen molar-refractivity contribution in [3.63, 3.8) is 0 Å². The second kappa shape index (κ2) is 7.43. The lowest BCUT2D eigenvalue weighted by Gasteiger charge is -2.05. The summed E-state index contributed by atoms with van der Waals surface area (Å²) in [5.74, 6) is -0.174. The smallest absolute Gasteiger partial charge is 0.271 e. The lowest BCUT2D eigenvalue weighted by molar-refractivity contribution is -0.116. The Hall–Kier alpha value is -1.59. The molecule has 1 amide bonds. The van der Waals surface area contributed by atoms with Gasteiger partial charge in [-0.25, -0.2) is 0 Å². The van der Waals surface area contributed by atoms with Crippen molar-refractivity contribution in [1.82, 2.24) is 4.98 Å². The monoisotopic (exact) mass is 368 g/mol. The lowest BCUT2D eigenvalue weighted by Crippen LogP contribution is -2.19. The van der Waals surface area contributed by atoms with Crippen LogP contribution in [0.15, 0.2) is 45.8 Å². The highest BCUT2D eigenvalue weighted by atomic mass is 79.9. The van der Waals surface area contributed by atoms with Gasteiger partial charge in [-0.2, -0.15) is 0 Å². The van der Waals surface area contributed by atoms with Crippen LogP contribution in [0, 0.1) is 0 Å². The van der Waals surface area contributed by atoms with Crippen LogP contribution >= 0.6 is 27.5 Å². The molecule has 6 heteroatoms. The first-order chi connectivity index (χ1) is 10.0. The Kier molecular flexibility index (Phi) is 5.59. The molecule has 2 rings (SSSR count). The number of carbonyl (C=O) groups is 1. The van der Waals surface area contributed by atoms with Gasteiger partial charge in [0.25, 0.3) is 5.56 Å². The summed E-state index contributed by atoms with van der Waals surface area (Å²) in [5.41, 5.74) is 1.07. The predicted molar refractivity (Wildman–Crippen MR) is 87.8 cm³/mol. The molecular formula is C15H14BrClN2O2. The van der Waals surface area contributed by atoms with Gasteiger partial charge in [-0.15, -0.1) is 0 Å². The number of aromatic nitrogens is 1. The fourth-order valence-electron chi connectivity index (χ4n) is 1.87. The Balaban J connectivity index is 1.83. The molecule has 110 valence electrons. The molecule has 0 aliphatic rings. The molecule has 21 heavy (non-hydrogen) atoms. The first-order valence-electron chi connectivity index (χ1n) is 6.47. The van der Waals surface area contributed by atoms with Crippen molar-refractivity contribution < 1.29 is 4.79 Å². The Bertz CT molecular complexity index is 683. The van der Waals surface area contributed by atoms with Gasteiger partial charge in [-0.3, -0.25) is 9.59 Å². The van der Waals surface area contributed by atoms with Crippen LogP contribution in [-0.4, -0.2) is 10.9 Å². The zero-order chi connectivity index (χ0) is 15.2. The van der Waals surface area contributed by atoms with Crippen LogP contribution in [0.25, 0.3) is 0 Å². The number of carbonyl (C=O) groups excluding carboxylic acids is 1. The minimum atomic E-state index is -0.316. The topological polar surface area (TPSA) is 62.0 Å². The number of nitrogens with one attached hydrogen (secondary N) is 2. The third-order valence-corrected chi connectivity index (χ3v) is 3.63. The summed E-state index contributed by atoms with van der Waals surface area (Å²) in [7, 11) is 0. The van der Waals surface area contributed by atoms with Gasteiger partial charge >= 0.3 is 0 Å². The van der Waals surface area contributed by atoms with Crippen molar-refractivity contribution in [3.05, 3.63) is 61.9 Å². The standard InChI is InChI=1S/C15H14BrClN2O2/c16-11-8-13(15(21)18-9-11)19-14(20)3-1-2-10-4-6-12(17)7-5-10/h4-9H,1-3H2,(H,18,21)(H,19,20). The molecule has 0 bridgehead atoms. The molecule has 0 saturated carbocycles. The van der Waals surface area contributed by atoms with Crippen LogP contribution in [0.3, 0.4) is 0 Å². The minimum absolute atomic E-state index is 0.174. The molecule has 1 heterocycles. The van der Waals surface area contributed by atoms with E-state index in [0.717, 1.165) is 12.0 Å². The van der Waals surface area contributed by atoms with Gasteiger partial charge in [0.1, 0.15) is 5.69 Å². The van der Waals surface area contributed by atoms with Gasteiger partial charge in [-0.05, 0) is 52.5 Å². The number of halogens is 2. The second-order valence-electron chi connectivity index (χ2n) is 4.59. The normalized spacial score (nSPS) is 10.4. The first-order valence-corrected chi connectivity index (χ1v) is 7.64. The number of amides is 1. The van der Waals surface area contributed by atoms with E-state index in [1.165, 1.54) is 6.20 Å². The van der Waals surface area contributed by atoms with Crippen LogP contribution in [0.1, 0.15) is 18.4 Å². The van der Waals surface area contributed by atoms with E-state index in [4.69, 9.17) is 11.6 Å². The zero-order valence-corrected chi connectivity index (χ0v) is 13.5. The van der Waals surface area contributed by atoms with Gasteiger partial charge in [0.05, 0.1) is 0 Å². The van der Waals surface area contributed by atoms with Gasteiger partial charge in [-0.1, -0.05) is 23.7 Å². The molecule has 1 aromatic heterocycles. The van der Waals surface area contributed by atoms with Crippen LogP contribution in [-0.2, 0) is 11.2 Å². The molecular weight excluding hydrogens is 356 g/mol. The van der Waals surface area contributed by atoms with E-state index in [1.54, 1.807) is 6.07 Å². The number of benzene rings is 1. The summed E-state index contributed by atoms with van der Waals surface area (Å²) in [6.45, 7) is 0. The predicted octanol–water partition coefficient (Wildman–Crippen LogP) is 3.75. The Morgan fingerprint density at radius 2 is 2.00 bits per heavy atom. The highest BCUT2D eigenvalue weighted by molar-refractivity contribution is 9.10. The summed E-state index contributed by atoms with van der Waals surface area (Å²) >= 11 is 9.06. The number of aryl methyl sites for hydroxylation is 1. The molecule has 0 saturated heterocycles. The van der Waals surface area contributed by atoms with Crippen LogP contribution in [0.4, 0.5) is 5.69 Å². The minimum Gasteiger partial charge on any atom is -0.326 e. The second-order valence-corrected chi connectivity index (χ2v) is 5.94. The SMILES string of the molecule is O=C(CCCc1ccc(Cl)cc1)Nc1cc(Br)c[nH]c1=O. The maximum atomic E-state index is 11.8. The molecule has 0 spiro atoms. The van der Waals surface area contributed by atoms with Crippen molar-refractivity contribution in [2.75, 3.05) is 5.32 Å². The first kappa shape index (κ1) is 15.8. The number of hydrogen-bond donors (Lipinski definition) is 2. The molecule has 0 fully saturated rings. The quantitative estimate of drug-likeness (QED) is 0.843. The Labute approximate surface area is 135 Å². The average molecular weight is 370 g/mol. The van der Waals surface area contributed by atoms with E-state index in [1.807, 2.05) is 24.3 Å². The van der Waals surface area contributed by atoms with E-state index < -0.39 is 0 Å². The van der Waals surface area contributed by atoms with Gasteiger partial charge in [0.15, 0.2) is 0 Å². The zero-order valence-electron chi connectivity index (χ0n) is 11.2. The number of rotatable bonds is 5. The molecule has 4 nitrogen and oxygen atoms in total. The summed E-state index contributed by atoms with van der Waals surface area (Å²) in [6.07, 6.45) is 3.38. The van der Waals surface area contributed by atoms with Crippen LogP contribution in [0.2, 0.25) is 5.02 Å². The summed E-state index contributed by atoms with van der Waals surface area (Å²) in [5, 5.41) is 3.31. The Morgan fingerprint density at radius 1 is 1.29 bits per heavy atom. The molecule has 1 aromatic carbocycles. The summed E-state index contributed by atoms with van der Waals surface area (Å²) in [6, 6.07) is 9.13. The van der Waals surface area contributed by atoms with E-state index in [9.17, 15) is 9.59 Å². The maximum absolute atomic E-state index is 11.8. The lowest BCUT2D eigenvalue weighted by atomic mass is 10.1. The Morgan fingerprint density at radius 3 is 2.71 bits per heavy atom. The van der Waals surface area contributed by atoms with Crippen molar-refractivity contribution in [3.8, 4) is 0 Å². The van der Waals surface area contributed by atoms with Crippen molar-refractivity contribution in [2.45, 2.75) is 19.3 Å². The van der Waals surface area contributed by atoms with Crippen LogP contribution in [0.5, 0.6) is 0 Å². The number of H-pyrrole nitrogens is 1. The summed E-state index contributed by atoms with van der Waals surface area (Å²) < 4.78 is 0.707. The number of hydrogen-bond acceptors (Lipinski definition) is 2. The van der Waals surface area contributed by atoms with Crippen molar-refractivity contribution >= 4 is 39.1 Å². The van der Waals surface area contributed by atoms with Gasteiger partial charge in [0, 0.05) is 22.1 Å². The fourth-order valence-corrected chi connectivity index (χ4v) is 2.34. The van der Waals surface area contributed by atoms with Gasteiger partial charge < -0.3 is 10.3 Å². The van der Waals surface area contributed by atoms with Crippen molar-refractivity contribution in [1.29, 1.82) is 0 Å². The molecule has 2 N–H and O–H groups in total. The number of pyridine rings is 1. The number of aromatic amines is 1. The molecule has 0 aliphatic heterocycles. The summed E-state index contributed by atoms with van der Waals surface area (Å²) in [4.78, 5) is 25.9. The molecule has 2 aromatic rings. The average Bonchev–Trinajstić information content (AvgIpc) is 2.45. The highest BCUT2D eigenvalue weighted by Gasteiger charge is 2.06. The molecule has 0 radical (unpaired) electrons. The van der Waals surface area contributed by atoms with E-state index >= 15 is 0 Å². The largest absolute Gasteiger partial charge is 0.326 e. The van der Waals surface area contributed by atoms with E-state index in [-0.39, 0.29) is 17.2 Å². The van der Waals surface area contributed by atoms with Gasteiger partial charge in [0.2, 0.25) is 5.91 Å². The van der Waals surface area contributed by atoms with Crippen LogP contribution < -0.4 is 10.9 Å². The molecule has 0 atom stereocenters. The third kappa shape index (κ3) is 5.02. The molecule has 0 aliphatic carbocycles. The van der Waals surface area contributed by atoms with Crippen molar-refractivity contribution in [2.24, 2.45) is 0 Å². The van der Waals surface area contributed by atoms with E-state index in [0.29, 0.717) is 22.3 Å². The maximum Gasteiger partial charge on any atom is 0.271 e. The fraction of sp³-hybridized carbons (Fsp3) is 0.200. The highest BCUT2D eigenvalue weighted by Crippen LogP contribution is 2.13. The number of anilines is 1. The third-order valence-electron chi connectivity index (χ3n) is 2.92. The molecule has 0 unspecified atom stereocenters. The van der Waals surface area contributed by atoms with E-state index in [2.05, 4.69) is 26.2 Å².